The number of benzene rings is 3. The molecule has 0 atom stereocenters. The van der Waals surface area contributed by atoms with Gasteiger partial charge in [-0.25, -0.2) is 9.78 Å². The van der Waals surface area contributed by atoms with Crippen LogP contribution in [0.2, 0.25) is 0 Å². The number of fused-ring (bicyclic) bond motifs is 1. The van der Waals surface area contributed by atoms with Gasteiger partial charge in [-0.05, 0) is 48.4 Å². The van der Waals surface area contributed by atoms with Gasteiger partial charge < -0.3 is 19.9 Å². The molecule has 0 aliphatic heterocycles. The highest BCUT2D eigenvalue weighted by atomic mass is 16.5. The van der Waals surface area contributed by atoms with E-state index in [1.165, 1.54) is 0 Å². The summed E-state index contributed by atoms with van der Waals surface area (Å²) >= 11 is 0. The predicted octanol–water partition coefficient (Wildman–Crippen LogP) is 4.89. The van der Waals surface area contributed by atoms with Crippen LogP contribution < -0.4 is 10.6 Å². The molecule has 2 N–H and O–H groups in total. The topological polar surface area (TPSA) is 85.2 Å². The number of amides is 2. The first-order chi connectivity index (χ1) is 16.1. The second-order valence-corrected chi connectivity index (χ2v) is 7.70. The summed E-state index contributed by atoms with van der Waals surface area (Å²) in [6.45, 7) is 0.587. The van der Waals surface area contributed by atoms with E-state index in [9.17, 15) is 9.59 Å². The standard InChI is InChI=1S/C26H26N4O3/c1-30-23-11-6-5-10-22(23)29-25(30)20-13-15-21(16-14-20)28-24(31)12-7-17-27-26(32)33-18-19-8-3-2-4-9-19/h2-6,8-11,13-16H,7,12,17-18H2,1H3,(H,27,32)(H,28,31). The average molecular weight is 443 g/mol. The molecule has 7 heteroatoms. The fourth-order valence-electron chi connectivity index (χ4n) is 3.54. The van der Waals surface area contributed by atoms with Gasteiger partial charge in [0.1, 0.15) is 12.4 Å². The third-order valence-electron chi connectivity index (χ3n) is 5.28. The van der Waals surface area contributed by atoms with Crippen molar-refractivity contribution < 1.29 is 14.3 Å². The van der Waals surface area contributed by atoms with Gasteiger partial charge in [-0.1, -0.05) is 42.5 Å². The molecule has 0 radical (unpaired) electrons. The van der Waals surface area contributed by atoms with E-state index >= 15 is 0 Å². The van der Waals surface area contributed by atoms with Crippen LogP contribution in [0, 0.1) is 0 Å². The lowest BCUT2D eigenvalue weighted by molar-refractivity contribution is -0.116. The quantitative estimate of drug-likeness (QED) is 0.381. The van der Waals surface area contributed by atoms with Crippen LogP contribution in [0.5, 0.6) is 0 Å². The largest absolute Gasteiger partial charge is 0.445 e. The van der Waals surface area contributed by atoms with E-state index in [4.69, 9.17) is 9.72 Å². The maximum Gasteiger partial charge on any atom is 0.407 e. The summed E-state index contributed by atoms with van der Waals surface area (Å²) in [7, 11) is 1.99. The molecule has 7 nitrogen and oxygen atoms in total. The van der Waals surface area contributed by atoms with Crippen LogP contribution in [0.1, 0.15) is 18.4 Å². The summed E-state index contributed by atoms with van der Waals surface area (Å²) in [6, 6.07) is 25.1. The second kappa shape index (κ2) is 10.5. The van der Waals surface area contributed by atoms with Gasteiger partial charge in [-0.3, -0.25) is 4.79 Å². The summed E-state index contributed by atoms with van der Waals surface area (Å²) in [5.41, 5.74) is 4.64. The Bertz CT molecular complexity index is 1230. The predicted molar refractivity (Wildman–Crippen MR) is 129 cm³/mol. The van der Waals surface area contributed by atoms with Crippen LogP contribution >= 0.6 is 0 Å². The number of aromatic nitrogens is 2. The average Bonchev–Trinajstić information content (AvgIpc) is 3.18. The molecule has 0 aliphatic carbocycles. The molecule has 1 aromatic heterocycles. The fourth-order valence-corrected chi connectivity index (χ4v) is 3.54. The van der Waals surface area contributed by atoms with Crippen LogP contribution in [-0.4, -0.2) is 28.1 Å². The summed E-state index contributed by atoms with van der Waals surface area (Å²) in [5, 5.41) is 5.55. The maximum atomic E-state index is 12.2. The first-order valence-corrected chi connectivity index (χ1v) is 10.9. The smallest absolute Gasteiger partial charge is 0.407 e. The molecule has 4 aromatic rings. The molecule has 3 aromatic carbocycles. The number of ether oxygens (including phenoxy) is 1. The van der Waals surface area contributed by atoms with Crippen LogP contribution in [-0.2, 0) is 23.2 Å². The third kappa shape index (κ3) is 5.77. The Balaban J connectivity index is 1.20. The molecule has 4 rings (SSSR count). The first kappa shape index (κ1) is 22.1. The zero-order valence-corrected chi connectivity index (χ0v) is 18.5. The summed E-state index contributed by atoms with van der Waals surface area (Å²) in [4.78, 5) is 28.7. The van der Waals surface area contributed by atoms with Crippen LogP contribution in [0.15, 0.2) is 78.9 Å². The van der Waals surface area contributed by atoms with Gasteiger partial charge in [0, 0.05) is 31.3 Å². The highest BCUT2D eigenvalue weighted by molar-refractivity contribution is 5.91. The lowest BCUT2D eigenvalue weighted by Crippen LogP contribution is -2.26. The number of hydrogen-bond acceptors (Lipinski definition) is 4. The van der Waals surface area contributed by atoms with Crippen LogP contribution in [0.4, 0.5) is 10.5 Å². The van der Waals surface area contributed by atoms with Crippen molar-refractivity contribution in [2.75, 3.05) is 11.9 Å². The lowest BCUT2D eigenvalue weighted by Gasteiger charge is -2.08. The molecule has 0 fully saturated rings. The van der Waals surface area contributed by atoms with Gasteiger partial charge in [0.2, 0.25) is 5.91 Å². The first-order valence-electron chi connectivity index (χ1n) is 10.9. The molecule has 168 valence electrons. The highest BCUT2D eigenvalue weighted by Crippen LogP contribution is 2.24. The van der Waals surface area contributed by atoms with Crippen LogP contribution in [0.25, 0.3) is 22.4 Å². The minimum atomic E-state index is -0.489. The molecular formula is C26H26N4O3. The number of anilines is 1. The number of nitrogens with zero attached hydrogens (tertiary/aromatic N) is 2. The van der Waals surface area contributed by atoms with E-state index in [-0.39, 0.29) is 12.5 Å². The molecule has 0 saturated carbocycles. The molecule has 0 unspecified atom stereocenters. The summed E-state index contributed by atoms with van der Waals surface area (Å²) in [5.74, 6) is 0.768. The number of para-hydroxylation sites is 2. The van der Waals surface area contributed by atoms with Crippen molar-refractivity contribution in [3.63, 3.8) is 0 Å². The van der Waals surface area contributed by atoms with Gasteiger partial charge in [0.25, 0.3) is 0 Å². The van der Waals surface area contributed by atoms with Crippen LogP contribution in [0.3, 0.4) is 0 Å². The minimum absolute atomic E-state index is 0.107. The van der Waals surface area contributed by atoms with Crippen molar-refractivity contribution in [1.82, 2.24) is 14.9 Å². The monoisotopic (exact) mass is 442 g/mol. The molecule has 0 aliphatic rings. The molecule has 0 spiro atoms. The van der Waals surface area contributed by atoms with E-state index in [2.05, 4.69) is 15.2 Å². The normalized spacial score (nSPS) is 10.7. The van der Waals surface area contributed by atoms with Crippen molar-refractivity contribution in [2.24, 2.45) is 7.05 Å². The summed E-state index contributed by atoms with van der Waals surface area (Å²) < 4.78 is 7.20. The van der Waals surface area contributed by atoms with E-state index in [0.717, 1.165) is 33.7 Å². The number of aryl methyl sites for hydroxylation is 1. The van der Waals surface area contributed by atoms with E-state index in [0.29, 0.717) is 19.4 Å². The zero-order valence-electron chi connectivity index (χ0n) is 18.5. The minimum Gasteiger partial charge on any atom is -0.445 e. The van der Waals surface area contributed by atoms with Crippen molar-refractivity contribution >= 4 is 28.7 Å². The SMILES string of the molecule is Cn1c(-c2ccc(NC(=O)CCCNC(=O)OCc3ccccc3)cc2)nc2ccccc21. The number of nitrogens with one attached hydrogen (secondary N) is 2. The number of hydrogen-bond donors (Lipinski definition) is 2. The number of rotatable bonds is 8. The van der Waals surface area contributed by atoms with Crippen molar-refractivity contribution in [3.05, 3.63) is 84.4 Å². The molecule has 2 amide bonds. The van der Waals surface area contributed by atoms with Gasteiger partial charge in [0.05, 0.1) is 11.0 Å². The van der Waals surface area contributed by atoms with E-state index in [1.54, 1.807) is 0 Å². The molecule has 1 heterocycles. The van der Waals surface area contributed by atoms with Gasteiger partial charge in [-0.15, -0.1) is 0 Å². The highest BCUT2D eigenvalue weighted by Gasteiger charge is 2.10. The van der Waals surface area contributed by atoms with Crippen molar-refractivity contribution in [2.45, 2.75) is 19.4 Å². The lowest BCUT2D eigenvalue weighted by atomic mass is 10.2. The number of imidazole rings is 1. The van der Waals surface area contributed by atoms with E-state index in [1.807, 2.05) is 85.9 Å². The maximum absolute atomic E-state index is 12.2. The number of carbonyl (C=O) groups excluding carboxylic acids is 2. The van der Waals surface area contributed by atoms with Gasteiger partial charge in [-0.2, -0.15) is 0 Å². The Kier molecular flexibility index (Phi) is 6.99. The van der Waals surface area contributed by atoms with Crippen molar-refractivity contribution in [3.8, 4) is 11.4 Å². The van der Waals surface area contributed by atoms with E-state index < -0.39 is 6.09 Å². The number of alkyl carbamates (subject to hydrolysis) is 1. The molecule has 0 bridgehead atoms. The Morgan fingerprint density at radius 3 is 2.42 bits per heavy atom. The fraction of sp³-hybridized carbons (Fsp3) is 0.192. The Morgan fingerprint density at radius 1 is 0.939 bits per heavy atom. The zero-order chi connectivity index (χ0) is 23.0. The summed E-state index contributed by atoms with van der Waals surface area (Å²) in [6.07, 6.45) is 0.326. The van der Waals surface area contributed by atoms with Gasteiger partial charge in [0.15, 0.2) is 0 Å². The Hall–Kier alpha value is -4.13. The Morgan fingerprint density at radius 2 is 1.67 bits per heavy atom. The Labute approximate surface area is 192 Å². The molecule has 0 saturated heterocycles. The number of carbonyl (C=O) groups is 2. The van der Waals surface area contributed by atoms with Gasteiger partial charge >= 0.3 is 6.09 Å². The molecular weight excluding hydrogens is 416 g/mol. The third-order valence-corrected chi connectivity index (χ3v) is 5.28. The molecule has 33 heavy (non-hydrogen) atoms. The second-order valence-electron chi connectivity index (χ2n) is 7.70. The van der Waals surface area contributed by atoms with Crippen molar-refractivity contribution in [1.29, 1.82) is 0 Å².